The van der Waals surface area contributed by atoms with Gasteiger partial charge in [-0.3, -0.25) is 4.79 Å². The lowest BCUT2D eigenvalue weighted by atomic mass is 10.3. The van der Waals surface area contributed by atoms with Crippen LogP contribution in [0.25, 0.3) is 6.08 Å². The first kappa shape index (κ1) is 14.4. The number of hydrogen-bond acceptors (Lipinski definition) is 3. The Kier molecular flexibility index (Phi) is 4.16. The third kappa shape index (κ3) is 3.38. The summed E-state index contributed by atoms with van der Waals surface area (Å²) < 4.78 is 3.12. The molecule has 4 nitrogen and oxygen atoms in total. The number of carbonyl (C=O) groups excluding carboxylic acids is 1. The Morgan fingerprint density at radius 1 is 1.29 bits per heavy atom. The van der Waals surface area contributed by atoms with E-state index in [-0.39, 0.29) is 5.91 Å². The zero-order chi connectivity index (χ0) is 14.8. The van der Waals surface area contributed by atoms with Crippen molar-refractivity contribution in [2.45, 2.75) is 0 Å². The van der Waals surface area contributed by atoms with Crippen LogP contribution in [0, 0.1) is 3.57 Å². The second-order valence-electron chi connectivity index (χ2n) is 4.50. The van der Waals surface area contributed by atoms with Crippen molar-refractivity contribution in [3.8, 4) is 0 Å². The van der Waals surface area contributed by atoms with Gasteiger partial charge in [0.05, 0.1) is 10.6 Å². The van der Waals surface area contributed by atoms with Crippen LogP contribution in [0.2, 0.25) is 0 Å². The second-order valence-corrected chi connectivity index (χ2v) is 6.78. The molecule has 1 amide bonds. The molecule has 3 rings (SSSR count). The van der Waals surface area contributed by atoms with E-state index in [1.165, 1.54) is 11.8 Å². The van der Waals surface area contributed by atoms with Crippen LogP contribution in [0.5, 0.6) is 0 Å². The number of aliphatic imine (C=N–C) groups is 1. The molecule has 1 aromatic heterocycles. The first-order chi connectivity index (χ1) is 10.1. The maximum absolute atomic E-state index is 12.0. The van der Waals surface area contributed by atoms with E-state index in [0.29, 0.717) is 10.1 Å². The number of halogens is 1. The Balaban J connectivity index is 1.83. The quantitative estimate of drug-likeness (QED) is 0.610. The number of aromatic nitrogens is 1. The molecule has 1 aromatic carbocycles. The van der Waals surface area contributed by atoms with Crippen LogP contribution in [0.1, 0.15) is 5.69 Å². The molecule has 0 aliphatic carbocycles. The summed E-state index contributed by atoms with van der Waals surface area (Å²) in [6, 6.07) is 11.8. The highest BCUT2D eigenvalue weighted by Gasteiger charge is 2.24. The summed E-state index contributed by atoms with van der Waals surface area (Å²) in [5.74, 6) is -0.106. The van der Waals surface area contributed by atoms with Gasteiger partial charge >= 0.3 is 0 Å². The smallest absolute Gasteiger partial charge is 0.264 e. The fourth-order valence-corrected chi connectivity index (χ4v) is 3.06. The minimum Gasteiger partial charge on any atom is -0.351 e. The van der Waals surface area contributed by atoms with E-state index in [1.807, 2.05) is 60.3 Å². The van der Waals surface area contributed by atoms with Crippen molar-refractivity contribution in [1.29, 1.82) is 0 Å². The summed E-state index contributed by atoms with van der Waals surface area (Å²) >= 11 is 3.61. The maximum Gasteiger partial charge on any atom is 0.264 e. The number of hydrogen-bond donors (Lipinski definition) is 1. The molecule has 2 heterocycles. The van der Waals surface area contributed by atoms with Gasteiger partial charge in [-0.2, -0.15) is 0 Å². The fourth-order valence-electron chi connectivity index (χ4n) is 1.87. The van der Waals surface area contributed by atoms with Crippen molar-refractivity contribution in [1.82, 2.24) is 9.88 Å². The van der Waals surface area contributed by atoms with Crippen LogP contribution < -0.4 is 5.32 Å². The molecule has 0 atom stereocenters. The maximum atomic E-state index is 12.0. The monoisotopic (exact) mass is 409 g/mol. The number of benzene rings is 1. The zero-order valence-corrected chi connectivity index (χ0v) is 14.2. The van der Waals surface area contributed by atoms with Gasteiger partial charge in [0.15, 0.2) is 5.17 Å². The zero-order valence-electron chi connectivity index (χ0n) is 11.2. The van der Waals surface area contributed by atoms with Crippen LogP contribution in [-0.4, -0.2) is 15.6 Å². The van der Waals surface area contributed by atoms with Crippen molar-refractivity contribution in [2.24, 2.45) is 12.0 Å². The van der Waals surface area contributed by atoms with E-state index < -0.39 is 0 Å². The number of nitrogens with one attached hydrogen (secondary N) is 1. The van der Waals surface area contributed by atoms with Crippen molar-refractivity contribution in [3.63, 3.8) is 0 Å². The van der Waals surface area contributed by atoms with Gasteiger partial charge in [-0.05, 0) is 76.8 Å². The van der Waals surface area contributed by atoms with E-state index in [0.717, 1.165) is 15.0 Å². The minimum absolute atomic E-state index is 0.106. The van der Waals surface area contributed by atoms with Crippen molar-refractivity contribution >= 4 is 57.2 Å². The van der Waals surface area contributed by atoms with Crippen molar-refractivity contribution in [3.05, 3.63) is 56.8 Å². The highest BCUT2D eigenvalue weighted by Crippen LogP contribution is 2.28. The summed E-state index contributed by atoms with van der Waals surface area (Å²) in [4.78, 5) is 17.1. The van der Waals surface area contributed by atoms with E-state index in [2.05, 4.69) is 32.9 Å². The molecule has 6 heteroatoms. The topological polar surface area (TPSA) is 46.4 Å². The predicted octanol–water partition coefficient (Wildman–Crippen LogP) is 3.52. The molecule has 1 fully saturated rings. The number of carbonyl (C=O) groups is 1. The number of nitrogens with zero attached hydrogens (tertiary/aromatic N) is 2. The van der Waals surface area contributed by atoms with E-state index in [1.54, 1.807) is 0 Å². The largest absolute Gasteiger partial charge is 0.351 e. The van der Waals surface area contributed by atoms with Crippen molar-refractivity contribution in [2.75, 3.05) is 0 Å². The number of thioether (sulfide) groups is 1. The molecule has 1 aliphatic heterocycles. The Bertz CT molecular complexity index is 747. The molecule has 0 unspecified atom stereocenters. The van der Waals surface area contributed by atoms with Crippen LogP contribution in [0.15, 0.2) is 52.5 Å². The number of amidine groups is 1. The lowest BCUT2D eigenvalue weighted by Crippen LogP contribution is -2.19. The summed E-state index contributed by atoms with van der Waals surface area (Å²) in [5.41, 5.74) is 1.82. The van der Waals surface area contributed by atoms with Gasteiger partial charge in [0.2, 0.25) is 0 Å². The lowest BCUT2D eigenvalue weighted by molar-refractivity contribution is -0.115. The number of aryl methyl sites for hydroxylation is 1. The molecular weight excluding hydrogens is 397 g/mol. The van der Waals surface area contributed by atoms with E-state index >= 15 is 0 Å². The second kappa shape index (κ2) is 6.07. The first-order valence-corrected chi connectivity index (χ1v) is 8.18. The molecule has 0 bridgehead atoms. The van der Waals surface area contributed by atoms with E-state index in [4.69, 9.17) is 0 Å². The van der Waals surface area contributed by atoms with Crippen LogP contribution in [0.4, 0.5) is 5.69 Å². The first-order valence-electron chi connectivity index (χ1n) is 6.28. The molecule has 0 saturated carbocycles. The van der Waals surface area contributed by atoms with Gasteiger partial charge in [-0.1, -0.05) is 0 Å². The third-order valence-corrected chi connectivity index (χ3v) is 4.60. The molecule has 21 heavy (non-hydrogen) atoms. The average molecular weight is 409 g/mol. The standard InChI is InChI=1S/C15H12IN3OS/c1-19-8-2-3-12(19)9-13-14(20)18-15(21-13)17-11-6-4-10(16)5-7-11/h2-9H,1H3,(H,17,18,20). The predicted molar refractivity (Wildman–Crippen MR) is 95.4 cm³/mol. The molecule has 2 aromatic rings. The molecule has 1 aliphatic rings. The Hall–Kier alpha value is -1.54. The molecule has 106 valence electrons. The summed E-state index contributed by atoms with van der Waals surface area (Å²) in [6.07, 6.45) is 3.82. The summed E-state index contributed by atoms with van der Waals surface area (Å²) in [5, 5.41) is 3.41. The molecular formula is C15H12IN3OS. The Morgan fingerprint density at radius 2 is 2.05 bits per heavy atom. The normalized spacial score (nSPS) is 18.5. The van der Waals surface area contributed by atoms with Crippen LogP contribution >= 0.6 is 34.4 Å². The SMILES string of the molecule is Cn1cccc1C=C1SC(=Nc2ccc(I)cc2)NC1=O. The Morgan fingerprint density at radius 3 is 2.71 bits per heavy atom. The van der Waals surface area contributed by atoms with Crippen LogP contribution in [0.3, 0.4) is 0 Å². The molecule has 1 saturated heterocycles. The Labute approximate surface area is 140 Å². The minimum atomic E-state index is -0.106. The average Bonchev–Trinajstić information content (AvgIpc) is 3.00. The van der Waals surface area contributed by atoms with Crippen LogP contribution in [-0.2, 0) is 11.8 Å². The summed E-state index contributed by atoms with van der Waals surface area (Å²) in [7, 11) is 1.95. The number of rotatable bonds is 2. The van der Waals surface area contributed by atoms with Gasteiger partial charge in [0.25, 0.3) is 5.91 Å². The number of amides is 1. The summed E-state index contributed by atoms with van der Waals surface area (Å²) in [6.45, 7) is 0. The van der Waals surface area contributed by atoms with Gasteiger partial charge in [-0.25, -0.2) is 4.99 Å². The fraction of sp³-hybridized carbons (Fsp3) is 0.0667. The van der Waals surface area contributed by atoms with Gasteiger partial charge in [-0.15, -0.1) is 0 Å². The van der Waals surface area contributed by atoms with Gasteiger partial charge in [0, 0.05) is 22.5 Å². The van der Waals surface area contributed by atoms with Gasteiger partial charge < -0.3 is 9.88 Å². The van der Waals surface area contributed by atoms with Crippen molar-refractivity contribution < 1.29 is 4.79 Å². The third-order valence-electron chi connectivity index (χ3n) is 2.97. The highest BCUT2D eigenvalue weighted by molar-refractivity contribution is 14.1. The van der Waals surface area contributed by atoms with Gasteiger partial charge in [0.1, 0.15) is 0 Å². The van der Waals surface area contributed by atoms with E-state index in [9.17, 15) is 4.79 Å². The lowest BCUT2D eigenvalue weighted by Gasteiger charge is -1.97. The molecule has 0 spiro atoms. The molecule has 0 radical (unpaired) electrons. The molecule has 1 N–H and O–H groups in total. The highest BCUT2D eigenvalue weighted by atomic mass is 127.